The Bertz CT molecular complexity index is 601. The van der Waals surface area contributed by atoms with Gasteiger partial charge in [-0.25, -0.2) is 17.2 Å². The van der Waals surface area contributed by atoms with Crippen molar-refractivity contribution in [2.45, 2.75) is 31.1 Å². The van der Waals surface area contributed by atoms with Gasteiger partial charge in [-0.05, 0) is 37.3 Å². The van der Waals surface area contributed by atoms with Gasteiger partial charge in [0.2, 0.25) is 10.0 Å². The van der Waals surface area contributed by atoms with Crippen LogP contribution in [0.4, 0.5) is 14.5 Å². The molecule has 1 fully saturated rings. The molecular formula is C13H18F2N2O2S. The maximum atomic E-state index is 13.8. The van der Waals surface area contributed by atoms with Crippen LogP contribution in [0, 0.1) is 17.6 Å². The summed E-state index contributed by atoms with van der Waals surface area (Å²) in [5.41, 5.74) is 5.32. The fourth-order valence-corrected chi connectivity index (χ4v) is 3.78. The van der Waals surface area contributed by atoms with Gasteiger partial charge in [0.1, 0.15) is 4.90 Å². The minimum atomic E-state index is -4.06. The number of nitrogens with two attached hydrogens (primary N) is 1. The van der Waals surface area contributed by atoms with Crippen LogP contribution in [0.15, 0.2) is 17.0 Å². The zero-order valence-electron chi connectivity index (χ0n) is 11.3. The van der Waals surface area contributed by atoms with E-state index in [2.05, 4.69) is 0 Å². The molecule has 0 spiro atoms. The average molecular weight is 304 g/mol. The monoisotopic (exact) mass is 304 g/mol. The predicted molar refractivity (Wildman–Crippen MR) is 72.5 cm³/mol. The molecule has 4 nitrogen and oxygen atoms in total. The molecule has 7 heteroatoms. The van der Waals surface area contributed by atoms with Gasteiger partial charge in [0, 0.05) is 18.8 Å². The zero-order chi connectivity index (χ0) is 14.9. The maximum absolute atomic E-state index is 13.8. The lowest BCUT2D eigenvalue weighted by molar-refractivity contribution is 0.390. The summed E-state index contributed by atoms with van der Waals surface area (Å²) in [6, 6.07) is 1.75. The van der Waals surface area contributed by atoms with E-state index < -0.39 is 26.6 Å². The number of halogens is 2. The number of nitrogens with zero attached hydrogens (tertiary/aromatic N) is 1. The molecular weight excluding hydrogens is 286 g/mol. The molecule has 0 saturated heterocycles. The van der Waals surface area contributed by atoms with Gasteiger partial charge in [-0.1, -0.05) is 6.92 Å². The molecule has 1 aromatic rings. The molecule has 0 aromatic heterocycles. The zero-order valence-corrected chi connectivity index (χ0v) is 12.1. The van der Waals surface area contributed by atoms with E-state index in [4.69, 9.17) is 5.73 Å². The summed E-state index contributed by atoms with van der Waals surface area (Å²) in [6.45, 7) is 2.48. The average Bonchev–Trinajstić information content (AvgIpc) is 3.17. The first kappa shape index (κ1) is 15.2. The molecule has 0 bridgehead atoms. The highest BCUT2D eigenvalue weighted by molar-refractivity contribution is 7.89. The smallest absolute Gasteiger partial charge is 0.246 e. The van der Waals surface area contributed by atoms with Crippen molar-refractivity contribution >= 4 is 15.7 Å². The van der Waals surface area contributed by atoms with Crippen LogP contribution in [0.25, 0.3) is 0 Å². The quantitative estimate of drug-likeness (QED) is 0.821. The Labute approximate surface area is 117 Å². The summed E-state index contributed by atoms with van der Waals surface area (Å²) < 4.78 is 53.3. The van der Waals surface area contributed by atoms with E-state index in [1.165, 1.54) is 4.31 Å². The largest absolute Gasteiger partial charge is 0.399 e. The second-order valence-electron chi connectivity index (χ2n) is 5.12. The third-order valence-electron chi connectivity index (χ3n) is 3.27. The van der Waals surface area contributed by atoms with Gasteiger partial charge in [-0.3, -0.25) is 0 Å². The minimum absolute atomic E-state index is 0.106. The van der Waals surface area contributed by atoms with E-state index in [9.17, 15) is 17.2 Å². The molecule has 0 atom stereocenters. The van der Waals surface area contributed by atoms with Crippen LogP contribution in [-0.2, 0) is 10.0 Å². The summed E-state index contributed by atoms with van der Waals surface area (Å²) in [7, 11) is -4.06. The van der Waals surface area contributed by atoms with Crippen molar-refractivity contribution in [3.63, 3.8) is 0 Å². The molecule has 0 heterocycles. The Kier molecular flexibility index (Phi) is 4.29. The third kappa shape index (κ3) is 3.09. The molecule has 2 rings (SSSR count). The topological polar surface area (TPSA) is 63.4 Å². The predicted octanol–water partition coefficient (Wildman–Crippen LogP) is 2.36. The SMILES string of the molecule is CCCN(CC1CC1)S(=O)(=O)c1cc(N)cc(F)c1F. The minimum Gasteiger partial charge on any atom is -0.399 e. The van der Waals surface area contributed by atoms with E-state index in [0.29, 0.717) is 18.9 Å². The summed E-state index contributed by atoms with van der Waals surface area (Å²) in [5.74, 6) is -2.28. The fourth-order valence-electron chi connectivity index (χ4n) is 2.06. The van der Waals surface area contributed by atoms with Crippen LogP contribution in [0.5, 0.6) is 0 Å². The lowest BCUT2D eigenvalue weighted by Gasteiger charge is -2.22. The number of benzene rings is 1. The Morgan fingerprint density at radius 3 is 2.55 bits per heavy atom. The number of anilines is 1. The number of hydrogen-bond acceptors (Lipinski definition) is 3. The van der Waals surface area contributed by atoms with Crippen LogP contribution < -0.4 is 5.73 Å². The highest BCUT2D eigenvalue weighted by Crippen LogP contribution is 2.32. The van der Waals surface area contributed by atoms with Crippen molar-refractivity contribution in [2.75, 3.05) is 18.8 Å². The van der Waals surface area contributed by atoms with Crippen molar-refractivity contribution in [3.8, 4) is 0 Å². The molecule has 0 radical (unpaired) electrons. The highest BCUT2D eigenvalue weighted by Gasteiger charge is 2.33. The lowest BCUT2D eigenvalue weighted by atomic mass is 10.3. The van der Waals surface area contributed by atoms with Gasteiger partial charge >= 0.3 is 0 Å². The molecule has 1 saturated carbocycles. The molecule has 0 unspecified atom stereocenters. The second-order valence-corrected chi connectivity index (χ2v) is 7.03. The van der Waals surface area contributed by atoms with Gasteiger partial charge in [0.05, 0.1) is 0 Å². The summed E-state index contributed by atoms with van der Waals surface area (Å²) in [4.78, 5) is -0.677. The first-order valence-corrected chi connectivity index (χ1v) is 8.05. The number of sulfonamides is 1. The Morgan fingerprint density at radius 2 is 2.00 bits per heavy atom. The lowest BCUT2D eigenvalue weighted by Crippen LogP contribution is -2.34. The molecule has 20 heavy (non-hydrogen) atoms. The normalized spacial score (nSPS) is 15.8. The van der Waals surface area contributed by atoms with Crippen molar-refractivity contribution in [1.82, 2.24) is 4.31 Å². The van der Waals surface area contributed by atoms with Crippen LogP contribution in [0.3, 0.4) is 0 Å². The Balaban J connectivity index is 2.40. The van der Waals surface area contributed by atoms with E-state index in [1.54, 1.807) is 0 Å². The summed E-state index contributed by atoms with van der Waals surface area (Å²) in [6.07, 6.45) is 2.56. The molecule has 1 aliphatic rings. The summed E-state index contributed by atoms with van der Waals surface area (Å²) in [5, 5.41) is 0. The van der Waals surface area contributed by atoms with E-state index in [-0.39, 0.29) is 12.2 Å². The first-order chi connectivity index (χ1) is 9.36. The fraction of sp³-hybridized carbons (Fsp3) is 0.538. The molecule has 0 aliphatic heterocycles. The third-order valence-corrected chi connectivity index (χ3v) is 5.13. The Hall–Kier alpha value is -1.21. The van der Waals surface area contributed by atoms with E-state index in [0.717, 1.165) is 25.0 Å². The van der Waals surface area contributed by atoms with E-state index in [1.807, 2.05) is 6.92 Å². The second kappa shape index (κ2) is 5.65. The van der Waals surface area contributed by atoms with Crippen molar-refractivity contribution in [2.24, 2.45) is 5.92 Å². The van der Waals surface area contributed by atoms with Crippen LogP contribution in [0.1, 0.15) is 26.2 Å². The Morgan fingerprint density at radius 1 is 1.35 bits per heavy atom. The van der Waals surface area contributed by atoms with Crippen LogP contribution in [0.2, 0.25) is 0 Å². The first-order valence-electron chi connectivity index (χ1n) is 6.61. The molecule has 2 N–H and O–H groups in total. The van der Waals surface area contributed by atoms with E-state index >= 15 is 0 Å². The van der Waals surface area contributed by atoms with Gasteiger partial charge < -0.3 is 5.73 Å². The summed E-state index contributed by atoms with van der Waals surface area (Å²) >= 11 is 0. The highest BCUT2D eigenvalue weighted by atomic mass is 32.2. The molecule has 112 valence electrons. The standard InChI is InChI=1S/C13H18F2N2O2S/c1-2-5-17(8-9-3-4-9)20(18,19)12-7-10(16)6-11(14)13(12)15/h6-7,9H,2-5,8,16H2,1H3. The molecule has 0 amide bonds. The van der Waals surface area contributed by atoms with Gasteiger partial charge in [-0.2, -0.15) is 4.31 Å². The van der Waals surface area contributed by atoms with Crippen molar-refractivity contribution < 1.29 is 17.2 Å². The van der Waals surface area contributed by atoms with Gasteiger partial charge in [-0.15, -0.1) is 0 Å². The number of hydrogen-bond donors (Lipinski definition) is 1. The maximum Gasteiger partial charge on any atom is 0.246 e. The van der Waals surface area contributed by atoms with Crippen molar-refractivity contribution in [1.29, 1.82) is 0 Å². The number of rotatable bonds is 6. The number of nitrogen functional groups attached to an aromatic ring is 1. The van der Waals surface area contributed by atoms with Crippen molar-refractivity contribution in [3.05, 3.63) is 23.8 Å². The van der Waals surface area contributed by atoms with Crippen LogP contribution in [-0.4, -0.2) is 25.8 Å². The van der Waals surface area contributed by atoms with Crippen LogP contribution >= 0.6 is 0 Å². The molecule has 1 aliphatic carbocycles. The molecule has 1 aromatic carbocycles. The van der Waals surface area contributed by atoms with Gasteiger partial charge in [0.15, 0.2) is 11.6 Å². The van der Waals surface area contributed by atoms with Gasteiger partial charge in [0.25, 0.3) is 0 Å².